The maximum Gasteiger partial charge on any atom is 0.307 e. The Morgan fingerprint density at radius 2 is 2.04 bits per heavy atom. The number of pyridine rings is 1. The third-order valence-electron chi connectivity index (χ3n) is 3.56. The smallest absolute Gasteiger partial charge is 0.307 e. The van der Waals surface area contributed by atoms with Crippen molar-refractivity contribution in [2.24, 2.45) is 11.8 Å². The third kappa shape index (κ3) is 4.27. The van der Waals surface area contributed by atoms with Crippen LogP contribution in [0.3, 0.4) is 0 Å². The number of aromatic nitrogens is 1. The summed E-state index contributed by atoms with van der Waals surface area (Å²) in [7, 11) is -3.79. The van der Waals surface area contributed by atoms with Crippen molar-refractivity contribution in [1.29, 1.82) is 0 Å². The summed E-state index contributed by atoms with van der Waals surface area (Å²) in [6, 6.07) is 6.55. The molecule has 0 fully saturated rings. The zero-order valence-corrected chi connectivity index (χ0v) is 13.9. The van der Waals surface area contributed by atoms with Crippen LogP contribution in [0.15, 0.2) is 41.6 Å². The molecule has 2 N–H and O–H groups in total. The summed E-state index contributed by atoms with van der Waals surface area (Å²) >= 11 is 0. The van der Waals surface area contributed by atoms with E-state index in [2.05, 4.69) is 9.71 Å². The molecule has 0 aliphatic carbocycles. The summed E-state index contributed by atoms with van der Waals surface area (Å²) in [5.41, 5.74) is 0. The second kappa shape index (κ2) is 7.06. The van der Waals surface area contributed by atoms with E-state index in [1.807, 2.05) is 13.8 Å². The second-order valence-electron chi connectivity index (χ2n) is 5.87. The van der Waals surface area contributed by atoms with E-state index in [4.69, 9.17) is 0 Å². The van der Waals surface area contributed by atoms with Crippen LogP contribution < -0.4 is 4.72 Å². The lowest BCUT2D eigenvalue weighted by Crippen LogP contribution is -2.33. The lowest BCUT2D eigenvalue weighted by molar-refractivity contribution is -0.142. The zero-order chi connectivity index (χ0) is 17.0. The Hall–Kier alpha value is -1.99. The second-order valence-corrected chi connectivity index (χ2v) is 7.60. The lowest BCUT2D eigenvalue weighted by atomic mass is 9.98. The number of nitrogens with one attached hydrogen (secondary N) is 1. The summed E-state index contributed by atoms with van der Waals surface area (Å²) in [5, 5.41) is 10.5. The van der Waals surface area contributed by atoms with Gasteiger partial charge in [0, 0.05) is 29.7 Å². The molecule has 1 heterocycles. The first-order valence-electron chi connectivity index (χ1n) is 7.36. The molecule has 2 aromatic rings. The van der Waals surface area contributed by atoms with Gasteiger partial charge in [0.1, 0.15) is 0 Å². The summed E-state index contributed by atoms with van der Waals surface area (Å²) in [6.45, 7) is 3.68. The van der Waals surface area contributed by atoms with E-state index < -0.39 is 21.9 Å². The Bertz CT molecular complexity index is 797. The maximum absolute atomic E-state index is 12.5. The van der Waals surface area contributed by atoms with Gasteiger partial charge >= 0.3 is 5.97 Å². The minimum Gasteiger partial charge on any atom is -0.481 e. The summed E-state index contributed by atoms with van der Waals surface area (Å²) in [5.74, 6) is -1.57. The van der Waals surface area contributed by atoms with Gasteiger partial charge in [0.25, 0.3) is 0 Å². The number of aliphatic carboxylic acids is 1. The molecule has 0 aliphatic rings. The Morgan fingerprint density at radius 1 is 1.30 bits per heavy atom. The van der Waals surface area contributed by atoms with Crippen molar-refractivity contribution >= 4 is 26.8 Å². The number of hydrogen-bond acceptors (Lipinski definition) is 4. The number of hydrogen-bond donors (Lipinski definition) is 2. The number of sulfonamides is 1. The van der Waals surface area contributed by atoms with Gasteiger partial charge in [-0.3, -0.25) is 9.78 Å². The van der Waals surface area contributed by atoms with Crippen LogP contribution in [0.25, 0.3) is 10.8 Å². The fourth-order valence-electron chi connectivity index (χ4n) is 2.46. The van der Waals surface area contributed by atoms with Crippen molar-refractivity contribution < 1.29 is 18.3 Å². The van der Waals surface area contributed by atoms with Gasteiger partial charge in [-0.25, -0.2) is 13.1 Å². The average molecular weight is 336 g/mol. The van der Waals surface area contributed by atoms with E-state index >= 15 is 0 Å². The molecule has 6 nitrogen and oxygen atoms in total. The quantitative estimate of drug-likeness (QED) is 0.808. The van der Waals surface area contributed by atoms with Crippen LogP contribution in [-0.4, -0.2) is 31.0 Å². The molecule has 0 saturated heterocycles. The molecule has 0 bridgehead atoms. The molecule has 7 heteroatoms. The van der Waals surface area contributed by atoms with Crippen molar-refractivity contribution in [1.82, 2.24) is 9.71 Å². The summed E-state index contributed by atoms with van der Waals surface area (Å²) < 4.78 is 27.5. The van der Waals surface area contributed by atoms with Gasteiger partial charge in [-0.2, -0.15) is 0 Å². The molecular weight excluding hydrogens is 316 g/mol. The van der Waals surface area contributed by atoms with Crippen molar-refractivity contribution in [3.05, 3.63) is 36.7 Å². The van der Waals surface area contributed by atoms with Crippen molar-refractivity contribution in [3.63, 3.8) is 0 Å². The molecule has 0 radical (unpaired) electrons. The first kappa shape index (κ1) is 17.4. The Morgan fingerprint density at radius 3 is 2.70 bits per heavy atom. The standard InChI is InChI=1S/C16H20N2O4S/c1-11(2)8-13(16(19)20)10-18-23(21,22)15-5-3-4-12-9-17-7-6-14(12)15/h3-7,9,11,13,18H,8,10H2,1-2H3,(H,19,20). The monoisotopic (exact) mass is 336 g/mol. The fraction of sp³-hybridized carbons (Fsp3) is 0.375. The molecule has 1 atom stereocenters. The van der Waals surface area contributed by atoms with Crippen LogP contribution in [0.1, 0.15) is 20.3 Å². The van der Waals surface area contributed by atoms with Gasteiger partial charge in [-0.05, 0) is 24.5 Å². The molecule has 2 rings (SSSR count). The van der Waals surface area contributed by atoms with Crippen LogP contribution in [0.5, 0.6) is 0 Å². The molecule has 0 aliphatic heterocycles. The van der Waals surface area contributed by atoms with Crippen molar-refractivity contribution in [2.45, 2.75) is 25.2 Å². The average Bonchev–Trinajstić information content (AvgIpc) is 2.50. The van der Waals surface area contributed by atoms with E-state index in [0.717, 1.165) is 0 Å². The maximum atomic E-state index is 12.5. The van der Waals surface area contributed by atoms with Crippen molar-refractivity contribution in [3.8, 4) is 0 Å². The van der Waals surface area contributed by atoms with Gasteiger partial charge in [-0.15, -0.1) is 0 Å². The highest BCUT2D eigenvalue weighted by molar-refractivity contribution is 7.89. The van der Waals surface area contributed by atoms with Crippen LogP contribution in [0, 0.1) is 11.8 Å². The topological polar surface area (TPSA) is 96.4 Å². The lowest BCUT2D eigenvalue weighted by Gasteiger charge is -2.16. The van der Waals surface area contributed by atoms with Crippen LogP contribution >= 0.6 is 0 Å². The van der Waals surface area contributed by atoms with E-state index in [0.29, 0.717) is 17.2 Å². The molecule has 1 aromatic carbocycles. The zero-order valence-electron chi connectivity index (χ0n) is 13.1. The minimum absolute atomic E-state index is 0.128. The van der Waals surface area contributed by atoms with E-state index in [-0.39, 0.29) is 17.4 Å². The Balaban J connectivity index is 2.26. The molecule has 1 aromatic heterocycles. The number of carbonyl (C=O) groups is 1. The minimum atomic E-state index is -3.79. The number of fused-ring (bicyclic) bond motifs is 1. The molecule has 23 heavy (non-hydrogen) atoms. The molecule has 0 amide bonds. The predicted molar refractivity (Wildman–Crippen MR) is 87.5 cm³/mol. The fourth-order valence-corrected chi connectivity index (χ4v) is 3.76. The molecular formula is C16H20N2O4S. The van der Waals surface area contributed by atoms with Crippen LogP contribution in [0.4, 0.5) is 0 Å². The SMILES string of the molecule is CC(C)CC(CNS(=O)(=O)c1cccc2cnccc12)C(=O)O. The highest BCUT2D eigenvalue weighted by atomic mass is 32.2. The van der Waals surface area contributed by atoms with Gasteiger partial charge in [0.05, 0.1) is 10.8 Å². The van der Waals surface area contributed by atoms with Gasteiger partial charge in [0.15, 0.2) is 0 Å². The van der Waals surface area contributed by atoms with Crippen LogP contribution in [0.2, 0.25) is 0 Å². The van der Waals surface area contributed by atoms with E-state index in [1.165, 1.54) is 12.3 Å². The van der Waals surface area contributed by atoms with Crippen LogP contribution in [-0.2, 0) is 14.8 Å². The number of nitrogens with zero attached hydrogens (tertiary/aromatic N) is 1. The van der Waals surface area contributed by atoms with Gasteiger partial charge in [0.2, 0.25) is 10.0 Å². The summed E-state index contributed by atoms with van der Waals surface area (Å²) in [6.07, 6.45) is 3.53. The molecule has 124 valence electrons. The van der Waals surface area contributed by atoms with E-state index in [9.17, 15) is 18.3 Å². The van der Waals surface area contributed by atoms with Gasteiger partial charge in [-0.1, -0.05) is 26.0 Å². The number of benzene rings is 1. The third-order valence-corrected chi connectivity index (χ3v) is 5.04. The first-order valence-corrected chi connectivity index (χ1v) is 8.85. The van der Waals surface area contributed by atoms with Gasteiger partial charge < -0.3 is 5.11 Å². The largest absolute Gasteiger partial charge is 0.481 e. The molecule has 0 spiro atoms. The number of carboxylic acids is 1. The van der Waals surface area contributed by atoms with E-state index in [1.54, 1.807) is 24.4 Å². The Labute approximate surface area is 135 Å². The number of rotatable bonds is 7. The molecule has 1 unspecified atom stereocenters. The predicted octanol–water partition coefficient (Wildman–Crippen LogP) is 2.26. The number of carboxylic acid groups (broad SMARTS) is 1. The highest BCUT2D eigenvalue weighted by Crippen LogP contribution is 2.22. The van der Waals surface area contributed by atoms with Crippen molar-refractivity contribution in [2.75, 3.05) is 6.54 Å². The highest BCUT2D eigenvalue weighted by Gasteiger charge is 2.23. The molecule has 0 saturated carbocycles. The summed E-state index contributed by atoms with van der Waals surface area (Å²) in [4.78, 5) is 15.4. The first-order chi connectivity index (χ1) is 10.8. The Kier molecular flexibility index (Phi) is 5.33. The normalized spacial score (nSPS) is 13.3.